The Hall–Kier alpha value is -1.39. The number of hydrogen-bond acceptors (Lipinski definition) is 4. The highest BCUT2D eigenvalue weighted by Gasteiger charge is 2.30. The minimum atomic E-state index is -0.972. The first-order valence-electron chi connectivity index (χ1n) is 3.76. The molecule has 1 fully saturated rings. The van der Waals surface area contributed by atoms with Crippen LogP contribution in [0.15, 0.2) is 12.2 Å². The first kappa shape index (κ1) is 9.70. The van der Waals surface area contributed by atoms with Crippen LogP contribution in [0.5, 0.6) is 0 Å². The largest absolute Gasteiger partial charge is 0.463 e. The second-order valence-electron chi connectivity index (χ2n) is 2.59. The van der Waals surface area contributed by atoms with Crippen molar-refractivity contribution in [1.29, 1.82) is 0 Å². The Morgan fingerprint density at radius 3 is 2.92 bits per heavy atom. The lowest BCUT2D eigenvalue weighted by molar-refractivity contribution is -0.157. The van der Waals surface area contributed by atoms with Gasteiger partial charge in [-0.3, -0.25) is 0 Å². The molecule has 0 aromatic carbocycles. The Kier molecular flexibility index (Phi) is 3.00. The molecule has 1 aliphatic heterocycles. The van der Waals surface area contributed by atoms with Crippen molar-refractivity contribution in [3.8, 4) is 0 Å². The fraction of sp³-hybridized carbons (Fsp3) is 0.500. The average Bonchev–Trinajstić information content (AvgIpc) is 2.50. The zero-order valence-corrected chi connectivity index (χ0v) is 6.92. The number of cyclic esters (lactones) is 1. The molecule has 0 aliphatic carbocycles. The summed E-state index contributed by atoms with van der Waals surface area (Å²) in [6, 6.07) is 0. The molecule has 4 nitrogen and oxygen atoms in total. The lowest BCUT2D eigenvalue weighted by Crippen LogP contribution is -2.23. The van der Waals surface area contributed by atoms with Gasteiger partial charge in [0.25, 0.3) is 0 Å². The van der Waals surface area contributed by atoms with E-state index in [9.17, 15) is 14.0 Å². The zero-order valence-electron chi connectivity index (χ0n) is 6.92. The van der Waals surface area contributed by atoms with Crippen molar-refractivity contribution in [1.82, 2.24) is 0 Å². The van der Waals surface area contributed by atoms with Crippen LogP contribution in [-0.2, 0) is 19.1 Å². The van der Waals surface area contributed by atoms with Gasteiger partial charge in [-0.1, -0.05) is 6.58 Å². The monoisotopic (exact) mass is 188 g/mol. The van der Waals surface area contributed by atoms with Gasteiger partial charge in [0.15, 0.2) is 0 Å². The molecule has 13 heavy (non-hydrogen) atoms. The molecule has 5 heteroatoms. The Balaban J connectivity index is 2.44. The van der Waals surface area contributed by atoms with Crippen LogP contribution in [0.2, 0.25) is 0 Å². The van der Waals surface area contributed by atoms with Gasteiger partial charge in [-0.25, -0.2) is 14.0 Å². The van der Waals surface area contributed by atoms with Gasteiger partial charge in [0.05, 0.1) is 12.2 Å². The summed E-state index contributed by atoms with van der Waals surface area (Å²) >= 11 is 0. The van der Waals surface area contributed by atoms with Gasteiger partial charge in [-0.15, -0.1) is 0 Å². The van der Waals surface area contributed by atoms with Crippen molar-refractivity contribution in [3.05, 3.63) is 12.2 Å². The van der Waals surface area contributed by atoms with Gasteiger partial charge in [-0.05, 0) is 0 Å². The summed E-state index contributed by atoms with van der Waals surface area (Å²) in [5.41, 5.74) is -0.292. The van der Waals surface area contributed by atoms with Crippen LogP contribution in [0.4, 0.5) is 4.39 Å². The molecule has 1 unspecified atom stereocenters. The second kappa shape index (κ2) is 4.02. The number of halogens is 1. The maximum absolute atomic E-state index is 11.9. The highest BCUT2D eigenvalue weighted by atomic mass is 19.1. The second-order valence-corrected chi connectivity index (χ2v) is 2.59. The molecule has 0 aromatic rings. The molecule has 0 amide bonds. The van der Waals surface area contributed by atoms with Crippen LogP contribution in [0, 0.1) is 0 Å². The van der Waals surface area contributed by atoms with Gasteiger partial charge in [0.1, 0.15) is 6.67 Å². The molecular weight excluding hydrogens is 179 g/mol. The third kappa shape index (κ3) is 2.27. The van der Waals surface area contributed by atoms with Crippen LogP contribution in [0.1, 0.15) is 6.42 Å². The number of ether oxygens (including phenoxy) is 2. The van der Waals surface area contributed by atoms with E-state index in [4.69, 9.17) is 0 Å². The van der Waals surface area contributed by atoms with Gasteiger partial charge < -0.3 is 9.47 Å². The van der Waals surface area contributed by atoms with E-state index in [0.29, 0.717) is 6.42 Å². The van der Waals surface area contributed by atoms with Crippen LogP contribution < -0.4 is 0 Å². The molecule has 1 aliphatic rings. The quantitative estimate of drug-likeness (QED) is 0.474. The van der Waals surface area contributed by atoms with Crippen molar-refractivity contribution in [2.75, 3.05) is 13.3 Å². The topological polar surface area (TPSA) is 52.6 Å². The summed E-state index contributed by atoms with van der Waals surface area (Å²) in [6.07, 6.45) is -0.569. The Morgan fingerprint density at radius 1 is 1.77 bits per heavy atom. The van der Waals surface area contributed by atoms with Gasteiger partial charge in [0.2, 0.25) is 6.10 Å². The van der Waals surface area contributed by atoms with Crippen LogP contribution >= 0.6 is 0 Å². The number of hydrogen-bond donors (Lipinski definition) is 0. The first-order valence-corrected chi connectivity index (χ1v) is 3.76. The maximum atomic E-state index is 11.9. The van der Waals surface area contributed by atoms with Crippen molar-refractivity contribution >= 4 is 11.9 Å². The summed E-state index contributed by atoms with van der Waals surface area (Å²) < 4.78 is 21.1. The average molecular weight is 188 g/mol. The highest BCUT2D eigenvalue weighted by molar-refractivity contribution is 5.90. The van der Waals surface area contributed by atoms with Crippen LogP contribution in [0.3, 0.4) is 0 Å². The number of rotatable bonds is 3. The summed E-state index contributed by atoms with van der Waals surface area (Å²) in [6.45, 7) is 2.40. The van der Waals surface area contributed by atoms with E-state index >= 15 is 0 Å². The highest BCUT2D eigenvalue weighted by Crippen LogP contribution is 2.12. The van der Waals surface area contributed by atoms with Crippen molar-refractivity contribution < 1.29 is 23.5 Å². The van der Waals surface area contributed by atoms with Crippen LogP contribution in [0.25, 0.3) is 0 Å². The molecule has 0 aromatic heterocycles. The zero-order chi connectivity index (χ0) is 9.84. The third-order valence-electron chi connectivity index (χ3n) is 1.59. The molecule has 0 bridgehead atoms. The van der Waals surface area contributed by atoms with E-state index in [1.807, 2.05) is 0 Å². The van der Waals surface area contributed by atoms with Crippen LogP contribution in [-0.4, -0.2) is 31.3 Å². The molecule has 0 radical (unpaired) electrons. The number of carbonyl (C=O) groups is 2. The minimum Gasteiger partial charge on any atom is -0.463 e. The fourth-order valence-electron chi connectivity index (χ4n) is 0.851. The van der Waals surface area contributed by atoms with E-state index in [1.165, 1.54) is 0 Å². The number of carbonyl (C=O) groups excluding carboxylic acids is 2. The summed E-state index contributed by atoms with van der Waals surface area (Å²) in [5.74, 6) is -1.47. The summed E-state index contributed by atoms with van der Waals surface area (Å²) in [5, 5.41) is 0. The van der Waals surface area contributed by atoms with E-state index in [2.05, 4.69) is 16.1 Å². The Bertz CT molecular complexity index is 249. The minimum absolute atomic E-state index is 0.235. The van der Waals surface area contributed by atoms with E-state index in [-0.39, 0.29) is 12.2 Å². The molecule has 0 N–H and O–H groups in total. The Morgan fingerprint density at radius 2 is 2.46 bits per heavy atom. The molecule has 0 saturated carbocycles. The Labute approximate surface area is 74.3 Å². The fourth-order valence-corrected chi connectivity index (χ4v) is 0.851. The normalized spacial score (nSPS) is 21.0. The smallest absolute Gasteiger partial charge is 0.347 e. The molecule has 0 spiro atoms. The first-order chi connectivity index (χ1) is 6.15. The third-order valence-corrected chi connectivity index (χ3v) is 1.59. The summed E-state index contributed by atoms with van der Waals surface area (Å²) in [4.78, 5) is 21.7. The van der Waals surface area contributed by atoms with E-state index in [0.717, 1.165) is 0 Å². The van der Waals surface area contributed by atoms with E-state index in [1.54, 1.807) is 0 Å². The van der Waals surface area contributed by atoms with E-state index < -0.39 is 24.7 Å². The predicted molar refractivity (Wildman–Crippen MR) is 40.6 cm³/mol. The lowest BCUT2D eigenvalue weighted by atomic mass is 10.3. The molecule has 1 heterocycles. The van der Waals surface area contributed by atoms with Crippen molar-refractivity contribution in [2.45, 2.75) is 12.5 Å². The summed E-state index contributed by atoms with van der Waals surface area (Å²) in [7, 11) is 0. The molecular formula is C8H9FO4. The van der Waals surface area contributed by atoms with Gasteiger partial charge >= 0.3 is 11.9 Å². The molecule has 72 valence electrons. The maximum Gasteiger partial charge on any atom is 0.347 e. The molecule has 1 rings (SSSR count). The van der Waals surface area contributed by atoms with Gasteiger partial charge in [-0.2, -0.15) is 0 Å². The molecule has 1 atom stereocenters. The lowest BCUT2D eigenvalue weighted by Gasteiger charge is -2.07. The molecule has 1 saturated heterocycles. The predicted octanol–water partition coefficient (Wildman–Crippen LogP) is 0.371. The van der Waals surface area contributed by atoms with Gasteiger partial charge in [0, 0.05) is 6.42 Å². The SMILES string of the molecule is C=C(CF)C(=O)OC1CCOC1=O. The number of alkyl halides is 1. The number of esters is 2. The van der Waals surface area contributed by atoms with Crippen molar-refractivity contribution in [2.24, 2.45) is 0 Å². The standard InChI is InChI=1S/C8H9FO4/c1-5(4-9)7(10)13-6-2-3-12-8(6)11/h6H,1-4H2. The van der Waals surface area contributed by atoms with Crippen molar-refractivity contribution in [3.63, 3.8) is 0 Å².